The van der Waals surface area contributed by atoms with E-state index in [9.17, 15) is 9.59 Å². The molecule has 0 aliphatic rings. The van der Waals surface area contributed by atoms with Crippen molar-refractivity contribution < 1.29 is 19.1 Å². The van der Waals surface area contributed by atoms with Crippen molar-refractivity contribution in [3.8, 4) is 11.5 Å². The second-order valence-corrected chi connectivity index (χ2v) is 9.57. The molecule has 0 atom stereocenters. The lowest BCUT2D eigenvalue weighted by molar-refractivity contribution is -0.136. The van der Waals surface area contributed by atoms with Gasteiger partial charge in [-0.05, 0) is 94.0 Å². The molecule has 0 aliphatic carbocycles. The molecule has 7 nitrogen and oxygen atoms in total. The lowest BCUT2D eigenvalue weighted by Gasteiger charge is -2.15. The predicted octanol–water partition coefficient (Wildman–Crippen LogP) is 6.29. The summed E-state index contributed by atoms with van der Waals surface area (Å²) in [5, 5.41) is 8.80. The van der Waals surface area contributed by atoms with Crippen LogP contribution in [0.1, 0.15) is 29.2 Å². The number of halogens is 1. The van der Waals surface area contributed by atoms with Gasteiger partial charge in [-0.3, -0.25) is 9.59 Å². The molecule has 194 valence electrons. The monoisotopic (exact) mass is 573 g/mol. The Morgan fingerprint density at radius 1 is 0.921 bits per heavy atom. The molecule has 2 amide bonds. The molecule has 0 saturated heterocycles. The van der Waals surface area contributed by atoms with Crippen LogP contribution in [0.25, 0.3) is 10.8 Å². The number of ether oxygens (including phenoxy) is 2. The molecule has 4 aromatic carbocycles. The van der Waals surface area contributed by atoms with Gasteiger partial charge in [-0.15, -0.1) is 0 Å². The van der Waals surface area contributed by atoms with Crippen molar-refractivity contribution in [3.05, 3.63) is 99.5 Å². The smallest absolute Gasteiger partial charge is 0.329 e. The minimum Gasteiger partial charge on any atom is -0.490 e. The van der Waals surface area contributed by atoms with Gasteiger partial charge in [-0.1, -0.05) is 48.5 Å². The number of hydrogen-bond donors (Lipinski definition) is 2. The third-order valence-corrected chi connectivity index (χ3v) is 6.24. The van der Waals surface area contributed by atoms with Crippen LogP contribution in [0.4, 0.5) is 5.69 Å². The molecule has 0 bridgehead atoms. The van der Waals surface area contributed by atoms with E-state index in [0.717, 1.165) is 27.5 Å². The SMILES string of the molecule is CCOc1cc(/C=N/NC(=O)C(=O)Nc2cc(C)cc(C)c2)cc(Br)c1OCc1cccc2ccccc12. The lowest BCUT2D eigenvalue weighted by Crippen LogP contribution is -2.32. The molecule has 8 heteroatoms. The normalized spacial score (nSPS) is 10.9. The van der Waals surface area contributed by atoms with Crippen LogP contribution >= 0.6 is 15.9 Å². The number of nitrogens with one attached hydrogen (secondary N) is 2. The Kier molecular flexibility index (Phi) is 8.76. The van der Waals surface area contributed by atoms with Gasteiger partial charge in [-0.25, -0.2) is 5.43 Å². The molecule has 0 unspecified atom stereocenters. The molecule has 4 aromatic rings. The number of hydrogen-bond acceptors (Lipinski definition) is 5. The third-order valence-electron chi connectivity index (χ3n) is 5.65. The highest BCUT2D eigenvalue weighted by molar-refractivity contribution is 9.10. The van der Waals surface area contributed by atoms with E-state index in [0.29, 0.717) is 40.4 Å². The minimum absolute atomic E-state index is 0.360. The first kappa shape index (κ1) is 26.9. The van der Waals surface area contributed by atoms with Gasteiger partial charge in [0, 0.05) is 5.69 Å². The largest absolute Gasteiger partial charge is 0.490 e. The zero-order valence-corrected chi connectivity index (χ0v) is 23.0. The Bertz CT molecular complexity index is 1490. The molecule has 0 saturated carbocycles. The molecule has 0 aromatic heterocycles. The van der Waals surface area contributed by atoms with Crippen LogP contribution in [0.3, 0.4) is 0 Å². The van der Waals surface area contributed by atoms with Crippen LogP contribution in [-0.2, 0) is 16.2 Å². The summed E-state index contributed by atoms with van der Waals surface area (Å²) < 4.78 is 12.7. The van der Waals surface area contributed by atoms with Crippen molar-refractivity contribution in [2.24, 2.45) is 5.10 Å². The molecule has 0 heterocycles. The van der Waals surface area contributed by atoms with E-state index in [2.05, 4.69) is 50.0 Å². The second-order valence-electron chi connectivity index (χ2n) is 8.72. The summed E-state index contributed by atoms with van der Waals surface area (Å²) in [5.41, 5.74) is 6.49. The van der Waals surface area contributed by atoms with Crippen molar-refractivity contribution in [2.45, 2.75) is 27.4 Å². The summed E-state index contributed by atoms with van der Waals surface area (Å²) in [4.78, 5) is 24.5. The van der Waals surface area contributed by atoms with Crippen LogP contribution in [0.15, 0.2) is 82.4 Å². The number of benzene rings is 4. The Morgan fingerprint density at radius 3 is 2.42 bits per heavy atom. The van der Waals surface area contributed by atoms with E-state index in [-0.39, 0.29) is 0 Å². The summed E-state index contributed by atoms with van der Waals surface area (Å²) in [6.07, 6.45) is 1.43. The summed E-state index contributed by atoms with van der Waals surface area (Å²) in [5.74, 6) is -0.587. The summed E-state index contributed by atoms with van der Waals surface area (Å²) in [6, 6.07) is 23.4. The molecule has 38 heavy (non-hydrogen) atoms. The number of rotatable bonds is 8. The number of anilines is 1. The standard InChI is InChI=1S/C30H28BrN3O4/c1-4-37-27-16-21(17-32-34-30(36)29(35)33-24-13-19(2)12-20(3)14-24)15-26(31)28(27)38-18-23-10-7-9-22-8-5-6-11-25(22)23/h5-17H,4,18H2,1-3H3,(H,33,35)(H,34,36)/b32-17+. The van der Waals surface area contributed by atoms with Gasteiger partial charge in [0.2, 0.25) is 0 Å². The van der Waals surface area contributed by atoms with Gasteiger partial charge in [0.25, 0.3) is 0 Å². The third kappa shape index (κ3) is 6.77. The highest BCUT2D eigenvalue weighted by Crippen LogP contribution is 2.37. The zero-order valence-electron chi connectivity index (χ0n) is 21.4. The quantitative estimate of drug-likeness (QED) is 0.147. The van der Waals surface area contributed by atoms with E-state index in [1.54, 1.807) is 24.3 Å². The highest BCUT2D eigenvalue weighted by atomic mass is 79.9. The number of hydrazone groups is 1. The summed E-state index contributed by atoms with van der Waals surface area (Å²) in [7, 11) is 0. The zero-order chi connectivity index (χ0) is 27.1. The van der Waals surface area contributed by atoms with E-state index < -0.39 is 11.8 Å². The summed E-state index contributed by atoms with van der Waals surface area (Å²) in [6.45, 7) is 6.52. The average molecular weight is 574 g/mol. The van der Waals surface area contributed by atoms with Gasteiger partial charge in [-0.2, -0.15) is 5.10 Å². The van der Waals surface area contributed by atoms with Crippen LogP contribution in [-0.4, -0.2) is 24.6 Å². The van der Waals surface area contributed by atoms with E-state index >= 15 is 0 Å². The molecule has 0 radical (unpaired) electrons. The van der Waals surface area contributed by atoms with Gasteiger partial charge in [0.15, 0.2) is 11.5 Å². The van der Waals surface area contributed by atoms with Crippen molar-refractivity contribution in [1.29, 1.82) is 0 Å². The highest BCUT2D eigenvalue weighted by Gasteiger charge is 2.15. The number of nitrogens with zero attached hydrogens (tertiary/aromatic N) is 1. The maximum absolute atomic E-state index is 12.2. The van der Waals surface area contributed by atoms with Crippen molar-refractivity contribution in [3.63, 3.8) is 0 Å². The lowest BCUT2D eigenvalue weighted by atomic mass is 10.1. The van der Waals surface area contributed by atoms with Crippen LogP contribution in [0, 0.1) is 13.8 Å². The maximum Gasteiger partial charge on any atom is 0.329 e. The Balaban J connectivity index is 1.44. The van der Waals surface area contributed by atoms with Crippen LogP contribution in [0.2, 0.25) is 0 Å². The van der Waals surface area contributed by atoms with E-state index in [4.69, 9.17) is 9.47 Å². The second kappa shape index (κ2) is 12.4. The first-order chi connectivity index (χ1) is 18.3. The Hall–Kier alpha value is -4.17. The topological polar surface area (TPSA) is 89.0 Å². The predicted molar refractivity (Wildman–Crippen MR) is 154 cm³/mol. The fourth-order valence-corrected chi connectivity index (χ4v) is 4.66. The van der Waals surface area contributed by atoms with Gasteiger partial charge in [0.05, 0.1) is 17.3 Å². The van der Waals surface area contributed by atoms with E-state index in [1.165, 1.54) is 6.21 Å². The van der Waals surface area contributed by atoms with Gasteiger partial charge >= 0.3 is 11.8 Å². The number of carbonyl (C=O) groups excluding carboxylic acids is 2. The Labute approximate surface area is 230 Å². The number of carbonyl (C=O) groups is 2. The molecular formula is C30H28BrN3O4. The first-order valence-electron chi connectivity index (χ1n) is 12.1. The molecule has 0 spiro atoms. The summed E-state index contributed by atoms with van der Waals surface area (Å²) >= 11 is 3.57. The van der Waals surface area contributed by atoms with Crippen LogP contribution < -0.4 is 20.2 Å². The number of amides is 2. The van der Waals surface area contributed by atoms with Crippen molar-refractivity contribution in [1.82, 2.24) is 5.43 Å². The first-order valence-corrected chi connectivity index (χ1v) is 12.9. The van der Waals surface area contributed by atoms with Crippen LogP contribution in [0.5, 0.6) is 11.5 Å². The maximum atomic E-state index is 12.2. The van der Waals surface area contributed by atoms with Crippen molar-refractivity contribution in [2.75, 3.05) is 11.9 Å². The average Bonchev–Trinajstić information content (AvgIpc) is 2.87. The van der Waals surface area contributed by atoms with E-state index in [1.807, 2.05) is 51.1 Å². The fraction of sp³-hybridized carbons (Fsp3) is 0.167. The van der Waals surface area contributed by atoms with Crippen molar-refractivity contribution >= 4 is 50.4 Å². The van der Waals surface area contributed by atoms with Gasteiger partial charge < -0.3 is 14.8 Å². The molecule has 4 rings (SSSR count). The van der Waals surface area contributed by atoms with Gasteiger partial charge in [0.1, 0.15) is 6.61 Å². The number of aryl methyl sites for hydroxylation is 2. The molecular weight excluding hydrogens is 546 g/mol. The Morgan fingerprint density at radius 2 is 1.66 bits per heavy atom. The number of fused-ring (bicyclic) bond motifs is 1. The molecule has 2 N–H and O–H groups in total. The fourth-order valence-electron chi connectivity index (χ4n) is 4.08. The minimum atomic E-state index is -0.875. The molecule has 0 aliphatic heterocycles. The molecule has 0 fully saturated rings.